The Morgan fingerprint density at radius 1 is 1.13 bits per heavy atom. The van der Waals surface area contributed by atoms with Crippen LogP contribution in [0.15, 0.2) is 30.6 Å². The van der Waals surface area contributed by atoms with Crippen LogP contribution >= 0.6 is 0 Å². The molecule has 2 saturated heterocycles. The van der Waals surface area contributed by atoms with Crippen molar-refractivity contribution in [1.82, 2.24) is 19.8 Å². The first-order chi connectivity index (χ1) is 15.0. The van der Waals surface area contributed by atoms with Crippen molar-refractivity contribution in [2.45, 2.75) is 32.7 Å². The molecule has 2 fully saturated rings. The predicted octanol–water partition coefficient (Wildman–Crippen LogP) is 2.46. The third kappa shape index (κ3) is 3.94. The maximum atomic E-state index is 13.5. The lowest BCUT2D eigenvalue weighted by molar-refractivity contribution is -0.146. The lowest BCUT2D eigenvalue weighted by Gasteiger charge is -2.39. The van der Waals surface area contributed by atoms with Crippen molar-refractivity contribution >= 4 is 11.8 Å². The van der Waals surface area contributed by atoms with E-state index >= 15 is 0 Å². The van der Waals surface area contributed by atoms with Crippen LogP contribution in [0.2, 0.25) is 0 Å². The lowest BCUT2D eigenvalue weighted by Crippen LogP contribution is -2.50. The molecule has 164 valence electrons. The number of amides is 2. The van der Waals surface area contributed by atoms with Gasteiger partial charge in [-0.25, -0.2) is 4.98 Å². The van der Waals surface area contributed by atoms with Gasteiger partial charge in [0.25, 0.3) is 5.91 Å². The van der Waals surface area contributed by atoms with Crippen molar-refractivity contribution in [2.24, 2.45) is 5.41 Å². The Hall–Kier alpha value is -3.16. The number of benzene rings is 1. The van der Waals surface area contributed by atoms with Gasteiger partial charge in [0, 0.05) is 37.9 Å². The number of carbonyl (C=O) groups is 2. The molecule has 2 amide bonds. The van der Waals surface area contributed by atoms with E-state index < -0.39 is 5.41 Å². The Balaban J connectivity index is 1.50. The maximum Gasteiger partial charge on any atom is 0.274 e. The van der Waals surface area contributed by atoms with Crippen LogP contribution in [-0.4, -0.2) is 65.4 Å². The lowest BCUT2D eigenvalue weighted by atomic mass is 9.78. The molecule has 2 aromatic rings. The molecule has 0 N–H and O–H groups in total. The number of hydrogen-bond donors (Lipinski definition) is 0. The second kappa shape index (κ2) is 8.53. The van der Waals surface area contributed by atoms with Crippen molar-refractivity contribution in [3.05, 3.63) is 47.5 Å². The topological polar surface area (TPSA) is 84.9 Å². The first-order valence-corrected chi connectivity index (χ1v) is 10.5. The SMILES string of the molecule is COc1cccc(CN2CCCC3(CCN(C(=O)c4cnc(C)cn4)C3)C2=O)c1OC. The van der Waals surface area contributed by atoms with Crippen molar-refractivity contribution in [2.75, 3.05) is 33.9 Å². The fourth-order valence-electron chi connectivity index (χ4n) is 4.68. The summed E-state index contributed by atoms with van der Waals surface area (Å²) in [5, 5.41) is 0. The van der Waals surface area contributed by atoms with E-state index in [4.69, 9.17) is 9.47 Å². The standard InChI is InChI=1S/C23H28N4O4/c1-16-12-25-18(13-24-16)21(28)27-11-9-23(15-27)8-5-10-26(22(23)29)14-17-6-4-7-19(30-2)20(17)31-3/h4,6-7,12-13H,5,8-11,14-15H2,1-3H3. The highest BCUT2D eigenvalue weighted by Gasteiger charge is 2.49. The van der Waals surface area contributed by atoms with Crippen LogP contribution in [0.5, 0.6) is 11.5 Å². The second-order valence-electron chi connectivity index (χ2n) is 8.28. The van der Waals surface area contributed by atoms with Crippen LogP contribution in [0.1, 0.15) is 41.0 Å². The molecule has 1 aromatic carbocycles. The second-order valence-corrected chi connectivity index (χ2v) is 8.28. The van der Waals surface area contributed by atoms with Crippen LogP contribution in [0.4, 0.5) is 0 Å². The molecule has 1 atom stereocenters. The number of methoxy groups -OCH3 is 2. The number of carbonyl (C=O) groups excluding carboxylic acids is 2. The molecule has 8 heteroatoms. The highest BCUT2D eigenvalue weighted by Crippen LogP contribution is 2.41. The summed E-state index contributed by atoms with van der Waals surface area (Å²) in [6, 6.07) is 5.70. The Bertz CT molecular complexity index is 978. The quantitative estimate of drug-likeness (QED) is 0.733. The van der Waals surface area contributed by atoms with Crippen molar-refractivity contribution in [1.29, 1.82) is 0 Å². The van der Waals surface area contributed by atoms with Gasteiger partial charge in [-0.1, -0.05) is 12.1 Å². The van der Waals surface area contributed by atoms with Gasteiger partial charge in [0.2, 0.25) is 5.91 Å². The highest BCUT2D eigenvalue weighted by molar-refractivity contribution is 5.93. The maximum absolute atomic E-state index is 13.5. The molecule has 0 bridgehead atoms. The summed E-state index contributed by atoms with van der Waals surface area (Å²) in [6.45, 7) is 3.96. The van der Waals surface area contributed by atoms with E-state index in [-0.39, 0.29) is 11.8 Å². The molecular weight excluding hydrogens is 396 g/mol. The summed E-state index contributed by atoms with van der Waals surface area (Å²) < 4.78 is 10.9. The molecule has 1 spiro atoms. The first kappa shape index (κ1) is 21.1. The Labute approximate surface area is 182 Å². The number of ether oxygens (including phenoxy) is 2. The molecule has 2 aliphatic rings. The van der Waals surface area contributed by atoms with Gasteiger partial charge < -0.3 is 19.3 Å². The monoisotopic (exact) mass is 424 g/mol. The smallest absolute Gasteiger partial charge is 0.274 e. The molecular formula is C23H28N4O4. The zero-order valence-electron chi connectivity index (χ0n) is 18.3. The number of nitrogens with zero attached hydrogens (tertiary/aromatic N) is 4. The van der Waals surface area contributed by atoms with E-state index in [0.29, 0.717) is 49.8 Å². The van der Waals surface area contributed by atoms with Gasteiger partial charge in [-0.15, -0.1) is 0 Å². The van der Waals surface area contributed by atoms with E-state index in [9.17, 15) is 9.59 Å². The van der Waals surface area contributed by atoms with E-state index in [1.807, 2.05) is 30.0 Å². The summed E-state index contributed by atoms with van der Waals surface area (Å²) in [5.41, 5.74) is 1.47. The minimum Gasteiger partial charge on any atom is -0.493 e. The van der Waals surface area contributed by atoms with Gasteiger partial charge in [0.15, 0.2) is 11.5 Å². The molecule has 1 unspecified atom stereocenters. The van der Waals surface area contributed by atoms with Crippen LogP contribution in [0.3, 0.4) is 0 Å². The fourth-order valence-corrected chi connectivity index (χ4v) is 4.68. The largest absolute Gasteiger partial charge is 0.493 e. The van der Waals surface area contributed by atoms with Crippen LogP contribution in [0, 0.1) is 12.3 Å². The van der Waals surface area contributed by atoms with Gasteiger partial charge in [-0.3, -0.25) is 14.6 Å². The number of piperidine rings is 1. The Morgan fingerprint density at radius 2 is 1.97 bits per heavy atom. The van der Waals surface area contributed by atoms with Crippen molar-refractivity contribution in [3.8, 4) is 11.5 Å². The number of aromatic nitrogens is 2. The number of aryl methyl sites for hydroxylation is 1. The summed E-state index contributed by atoms with van der Waals surface area (Å²) >= 11 is 0. The van der Waals surface area contributed by atoms with E-state index in [1.54, 1.807) is 25.3 Å². The van der Waals surface area contributed by atoms with Crippen LogP contribution in [0.25, 0.3) is 0 Å². The normalized spacial score (nSPS) is 20.9. The van der Waals surface area contributed by atoms with Crippen molar-refractivity contribution < 1.29 is 19.1 Å². The summed E-state index contributed by atoms with van der Waals surface area (Å²) in [5.74, 6) is 1.24. The third-order valence-electron chi connectivity index (χ3n) is 6.31. The Kier molecular flexibility index (Phi) is 5.80. The fraction of sp³-hybridized carbons (Fsp3) is 0.478. The molecule has 31 heavy (non-hydrogen) atoms. The molecule has 0 aliphatic carbocycles. The molecule has 0 radical (unpaired) electrons. The van der Waals surface area contributed by atoms with Crippen LogP contribution in [-0.2, 0) is 11.3 Å². The van der Waals surface area contributed by atoms with Crippen molar-refractivity contribution in [3.63, 3.8) is 0 Å². The number of rotatable bonds is 5. The zero-order valence-corrected chi connectivity index (χ0v) is 18.3. The van der Waals surface area contributed by atoms with Gasteiger partial charge in [-0.2, -0.15) is 0 Å². The number of hydrogen-bond acceptors (Lipinski definition) is 6. The Morgan fingerprint density at radius 3 is 2.68 bits per heavy atom. The van der Waals surface area contributed by atoms with Gasteiger partial charge in [0.1, 0.15) is 5.69 Å². The molecule has 1 aromatic heterocycles. The molecule has 3 heterocycles. The predicted molar refractivity (Wildman–Crippen MR) is 114 cm³/mol. The summed E-state index contributed by atoms with van der Waals surface area (Å²) in [7, 11) is 3.21. The van der Waals surface area contributed by atoms with E-state index in [2.05, 4.69) is 9.97 Å². The summed E-state index contributed by atoms with van der Waals surface area (Å²) in [6.07, 6.45) is 5.47. The first-order valence-electron chi connectivity index (χ1n) is 10.5. The van der Waals surface area contributed by atoms with E-state index in [1.165, 1.54) is 6.20 Å². The van der Waals surface area contributed by atoms with Gasteiger partial charge in [0.05, 0.1) is 31.5 Å². The third-order valence-corrected chi connectivity index (χ3v) is 6.31. The van der Waals surface area contributed by atoms with Crippen LogP contribution < -0.4 is 9.47 Å². The average molecular weight is 425 g/mol. The molecule has 4 rings (SSSR count). The minimum absolute atomic E-state index is 0.105. The number of para-hydroxylation sites is 1. The average Bonchev–Trinajstić information content (AvgIpc) is 3.21. The van der Waals surface area contributed by atoms with E-state index in [0.717, 1.165) is 24.1 Å². The number of likely N-dealkylation sites (tertiary alicyclic amines) is 2. The molecule has 8 nitrogen and oxygen atoms in total. The summed E-state index contributed by atoms with van der Waals surface area (Å²) in [4.78, 5) is 38.4. The molecule has 0 saturated carbocycles. The van der Waals surface area contributed by atoms with Gasteiger partial charge >= 0.3 is 0 Å². The minimum atomic E-state index is -0.530. The molecule has 2 aliphatic heterocycles. The highest BCUT2D eigenvalue weighted by atomic mass is 16.5. The van der Waals surface area contributed by atoms with Gasteiger partial charge in [-0.05, 0) is 32.3 Å². The zero-order chi connectivity index (χ0) is 22.0.